The Kier molecular flexibility index (Phi) is 5.44. The Morgan fingerprint density at radius 3 is 2.74 bits per heavy atom. The molecule has 2 rings (SSSR count). The molecule has 1 aromatic rings. The molecule has 1 aliphatic rings. The smallest absolute Gasteiger partial charge is 0.241 e. The highest BCUT2D eigenvalue weighted by molar-refractivity contribution is 7.89. The van der Waals surface area contributed by atoms with Gasteiger partial charge in [-0.3, -0.25) is 9.69 Å². The second-order valence-corrected chi connectivity index (χ2v) is 7.75. The predicted octanol–water partition coefficient (Wildman–Crippen LogP) is 1.34. The van der Waals surface area contributed by atoms with Gasteiger partial charge in [-0.25, -0.2) is 13.6 Å². The molecule has 0 bridgehead atoms. The van der Waals surface area contributed by atoms with E-state index in [4.69, 9.17) is 5.14 Å². The number of nitrogens with zero attached hydrogens (tertiary/aromatic N) is 2. The highest BCUT2D eigenvalue weighted by Gasteiger charge is 2.27. The van der Waals surface area contributed by atoms with E-state index in [2.05, 4.69) is 18.7 Å². The van der Waals surface area contributed by atoms with E-state index in [-0.39, 0.29) is 10.8 Å². The fourth-order valence-electron chi connectivity index (χ4n) is 2.91. The number of rotatable bonds is 6. The van der Waals surface area contributed by atoms with Crippen LogP contribution in [0, 0.1) is 0 Å². The molecule has 23 heavy (non-hydrogen) atoms. The van der Waals surface area contributed by atoms with E-state index in [9.17, 15) is 13.2 Å². The number of hydrogen-bond donors (Lipinski definition) is 1. The average molecular weight is 339 g/mol. The minimum absolute atomic E-state index is 0.0394. The summed E-state index contributed by atoms with van der Waals surface area (Å²) in [5.74, 6) is 0.0394. The topological polar surface area (TPSA) is 83.7 Å². The summed E-state index contributed by atoms with van der Waals surface area (Å²) in [6.45, 7) is 5.19. The monoisotopic (exact) mass is 339 g/mol. The van der Waals surface area contributed by atoms with Gasteiger partial charge in [-0.15, -0.1) is 0 Å². The van der Waals surface area contributed by atoms with Gasteiger partial charge in [0.15, 0.2) is 0 Å². The van der Waals surface area contributed by atoms with Crippen LogP contribution in [0.5, 0.6) is 0 Å². The number of carbonyl (C=O) groups excluding carboxylic acids is 1. The SMILES string of the molecule is CCC[C@@H](C)N(C)CC(=O)N1CCc2cc(S(N)(=O)=O)ccc21. The molecule has 0 aromatic heterocycles. The number of primary sulfonamides is 1. The maximum absolute atomic E-state index is 12.6. The first-order valence-electron chi connectivity index (χ1n) is 7.90. The lowest BCUT2D eigenvalue weighted by molar-refractivity contribution is -0.119. The number of amides is 1. The number of likely N-dealkylation sites (N-methyl/N-ethyl adjacent to an activating group) is 1. The van der Waals surface area contributed by atoms with Gasteiger partial charge in [0.1, 0.15) is 0 Å². The summed E-state index contributed by atoms with van der Waals surface area (Å²) < 4.78 is 22.8. The zero-order valence-corrected chi connectivity index (χ0v) is 14.8. The molecule has 1 amide bonds. The van der Waals surface area contributed by atoms with Crippen LogP contribution >= 0.6 is 0 Å². The van der Waals surface area contributed by atoms with Gasteiger partial charge in [0.05, 0.1) is 11.4 Å². The first-order chi connectivity index (χ1) is 10.7. The van der Waals surface area contributed by atoms with E-state index in [1.165, 1.54) is 6.07 Å². The Morgan fingerprint density at radius 2 is 2.13 bits per heavy atom. The lowest BCUT2D eigenvalue weighted by atomic mass is 10.1. The molecule has 0 unspecified atom stereocenters. The largest absolute Gasteiger partial charge is 0.311 e. The van der Waals surface area contributed by atoms with Crippen molar-refractivity contribution in [3.8, 4) is 0 Å². The van der Waals surface area contributed by atoms with Gasteiger partial charge in [-0.2, -0.15) is 0 Å². The summed E-state index contributed by atoms with van der Waals surface area (Å²) in [7, 11) is -1.75. The average Bonchev–Trinajstić information content (AvgIpc) is 2.89. The quantitative estimate of drug-likeness (QED) is 0.848. The molecule has 0 saturated carbocycles. The molecule has 0 aliphatic carbocycles. The fraction of sp³-hybridized carbons (Fsp3) is 0.562. The highest BCUT2D eigenvalue weighted by atomic mass is 32.2. The molecule has 0 spiro atoms. The van der Waals surface area contributed by atoms with Crippen LogP contribution in [0.4, 0.5) is 5.69 Å². The molecule has 7 heteroatoms. The van der Waals surface area contributed by atoms with Gasteiger partial charge < -0.3 is 4.90 Å². The Hall–Kier alpha value is -1.44. The van der Waals surface area contributed by atoms with Gasteiger partial charge in [0.25, 0.3) is 0 Å². The number of carbonyl (C=O) groups is 1. The Bertz CT molecular complexity index is 688. The lowest BCUT2D eigenvalue weighted by Crippen LogP contribution is -2.41. The van der Waals surface area contributed by atoms with E-state index >= 15 is 0 Å². The van der Waals surface area contributed by atoms with E-state index in [1.54, 1.807) is 17.0 Å². The Morgan fingerprint density at radius 1 is 1.43 bits per heavy atom. The predicted molar refractivity (Wildman–Crippen MR) is 90.9 cm³/mol. The summed E-state index contributed by atoms with van der Waals surface area (Å²) in [5.41, 5.74) is 1.65. The fourth-order valence-corrected chi connectivity index (χ4v) is 3.47. The maximum Gasteiger partial charge on any atom is 0.241 e. The first kappa shape index (κ1) is 17.9. The normalized spacial score (nSPS) is 15.8. The third-order valence-corrected chi connectivity index (χ3v) is 5.33. The summed E-state index contributed by atoms with van der Waals surface area (Å²) in [6.07, 6.45) is 2.79. The van der Waals surface area contributed by atoms with Crippen LogP contribution in [0.1, 0.15) is 32.3 Å². The van der Waals surface area contributed by atoms with Crippen LogP contribution in [-0.4, -0.2) is 45.4 Å². The standard InChI is InChI=1S/C16H25N3O3S/c1-4-5-12(2)18(3)11-16(20)19-9-8-13-10-14(23(17,21)22)6-7-15(13)19/h6-7,10,12H,4-5,8-9,11H2,1-3H3,(H2,17,21,22)/t12-/m1/s1. The molecule has 128 valence electrons. The van der Waals surface area contributed by atoms with Crippen LogP contribution in [0.3, 0.4) is 0 Å². The zero-order valence-electron chi connectivity index (χ0n) is 13.9. The van der Waals surface area contributed by atoms with Crippen LogP contribution < -0.4 is 10.0 Å². The van der Waals surface area contributed by atoms with Crippen molar-refractivity contribution in [1.82, 2.24) is 4.90 Å². The Labute approximate surface area is 138 Å². The number of fused-ring (bicyclic) bond motifs is 1. The molecule has 0 radical (unpaired) electrons. The third-order valence-electron chi connectivity index (χ3n) is 4.42. The van der Waals surface area contributed by atoms with Crippen LogP contribution in [0.2, 0.25) is 0 Å². The molecule has 1 aromatic carbocycles. The van der Waals surface area contributed by atoms with E-state index in [1.807, 2.05) is 7.05 Å². The summed E-state index contributed by atoms with van der Waals surface area (Å²) in [4.78, 5) is 16.4. The summed E-state index contributed by atoms with van der Waals surface area (Å²) in [6, 6.07) is 5.07. The van der Waals surface area contributed by atoms with E-state index in [0.717, 1.165) is 24.1 Å². The number of sulfonamides is 1. The minimum atomic E-state index is -3.71. The number of anilines is 1. The van der Waals surface area contributed by atoms with Crippen molar-refractivity contribution in [3.05, 3.63) is 23.8 Å². The molecule has 1 heterocycles. The second-order valence-electron chi connectivity index (χ2n) is 6.18. The van der Waals surface area contributed by atoms with Crippen LogP contribution in [0.15, 0.2) is 23.1 Å². The molecule has 2 N–H and O–H groups in total. The van der Waals surface area contributed by atoms with Gasteiger partial charge in [-0.1, -0.05) is 13.3 Å². The molecule has 1 aliphatic heterocycles. The van der Waals surface area contributed by atoms with Crippen molar-refractivity contribution >= 4 is 21.6 Å². The van der Waals surface area contributed by atoms with Crippen molar-refractivity contribution in [2.24, 2.45) is 5.14 Å². The van der Waals surface area contributed by atoms with Crippen molar-refractivity contribution in [3.63, 3.8) is 0 Å². The van der Waals surface area contributed by atoms with Crippen molar-refractivity contribution in [2.45, 2.75) is 44.0 Å². The van der Waals surface area contributed by atoms with Gasteiger partial charge in [0, 0.05) is 18.3 Å². The number of nitrogens with two attached hydrogens (primary N) is 1. The number of benzene rings is 1. The lowest BCUT2D eigenvalue weighted by Gasteiger charge is -2.26. The van der Waals surface area contributed by atoms with E-state index in [0.29, 0.717) is 25.6 Å². The zero-order chi connectivity index (χ0) is 17.2. The van der Waals surface area contributed by atoms with Crippen molar-refractivity contribution in [2.75, 3.05) is 25.0 Å². The third kappa shape index (κ3) is 4.10. The van der Waals surface area contributed by atoms with Crippen LogP contribution in [-0.2, 0) is 21.2 Å². The minimum Gasteiger partial charge on any atom is -0.311 e. The second kappa shape index (κ2) is 6.98. The van der Waals surface area contributed by atoms with Crippen molar-refractivity contribution in [1.29, 1.82) is 0 Å². The molecule has 6 nitrogen and oxygen atoms in total. The van der Waals surface area contributed by atoms with Crippen molar-refractivity contribution < 1.29 is 13.2 Å². The maximum atomic E-state index is 12.6. The van der Waals surface area contributed by atoms with Crippen LogP contribution in [0.25, 0.3) is 0 Å². The van der Waals surface area contributed by atoms with E-state index < -0.39 is 10.0 Å². The molecular weight excluding hydrogens is 314 g/mol. The molecule has 0 saturated heterocycles. The molecular formula is C16H25N3O3S. The van der Waals surface area contributed by atoms with Gasteiger partial charge in [-0.05, 0) is 50.6 Å². The van der Waals surface area contributed by atoms with Gasteiger partial charge >= 0.3 is 0 Å². The summed E-state index contributed by atoms with van der Waals surface area (Å²) in [5, 5.41) is 5.16. The molecule has 1 atom stereocenters. The first-order valence-corrected chi connectivity index (χ1v) is 9.45. The van der Waals surface area contributed by atoms with Gasteiger partial charge in [0.2, 0.25) is 15.9 Å². The number of hydrogen-bond acceptors (Lipinski definition) is 4. The highest BCUT2D eigenvalue weighted by Crippen LogP contribution is 2.30. The Balaban J connectivity index is 2.12. The molecule has 0 fully saturated rings. The summed E-state index contributed by atoms with van der Waals surface area (Å²) >= 11 is 0.